The molecule has 0 atom stereocenters. The predicted molar refractivity (Wildman–Crippen MR) is 174 cm³/mol. The fourth-order valence-corrected chi connectivity index (χ4v) is 5.20. The first-order valence-electron chi connectivity index (χ1n) is 15.1. The number of aromatic nitrogens is 2. The second-order valence-corrected chi connectivity index (χ2v) is 11.5. The van der Waals surface area contributed by atoms with Crippen molar-refractivity contribution in [2.24, 2.45) is 0 Å². The number of nitrogens with zero attached hydrogens (tertiary/aromatic N) is 5. The number of aryl methyl sites for hydroxylation is 2. The molecule has 0 bridgehead atoms. The van der Waals surface area contributed by atoms with Crippen molar-refractivity contribution in [3.63, 3.8) is 0 Å². The molecule has 0 aliphatic carbocycles. The van der Waals surface area contributed by atoms with Crippen LogP contribution in [-0.2, 0) is 6.18 Å². The van der Waals surface area contributed by atoms with Crippen LogP contribution in [0.25, 0.3) is 0 Å². The molecule has 9 nitrogen and oxygen atoms in total. The number of para-hydroxylation sites is 2. The van der Waals surface area contributed by atoms with Crippen LogP contribution < -0.4 is 20.3 Å². The Morgan fingerprint density at radius 1 is 0.935 bits per heavy atom. The zero-order valence-electron chi connectivity index (χ0n) is 26.4. The third-order valence-electron chi connectivity index (χ3n) is 7.84. The fraction of sp³-hybridized carbons (Fsp3) is 0.324. The van der Waals surface area contributed by atoms with E-state index in [-0.39, 0.29) is 17.4 Å². The van der Waals surface area contributed by atoms with Crippen LogP contribution in [-0.4, -0.2) is 79.0 Å². The monoisotopic (exact) mass is 633 g/mol. The molecular weight excluding hydrogens is 595 g/mol. The predicted octanol–water partition coefficient (Wildman–Crippen LogP) is 6.58. The Labute approximate surface area is 267 Å². The first-order chi connectivity index (χ1) is 22.0. The van der Waals surface area contributed by atoms with E-state index in [2.05, 4.69) is 49.4 Å². The number of benzene rings is 3. The zero-order chi connectivity index (χ0) is 32.8. The number of hydrogen-bond acceptors (Lipinski definition) is 8. The number of halogens is 3. The number of likely N-dealkylation sites (N-methyl/N-ethyl adjacent to an activating group) is 1. The van der Waals surface area contributed by atoms with E-state index in [9.17, 15) is 18.0 Å². The van der Waals surface area contributed by atoms with Crippen LogP contribution in [0.1, 0.15) is 27.0 Å². The first kappa shape index (κ1) is 32.7. The van der Waals surface area contributed by atoms with E-state index in [1.165, 1.54) is 24.4 Å². The highest BCUT2D eigenvalue weighted by molar-refractivity contribution is 6.06. The lowest BCUT2D eigenvalue weighted by Gasteiger charge is -2.36. The van der Waals surface area contributed by atoms with Gasteiger partial charge in [-0.05, 0) is 75.5 Å². The molecule has 4 aromatic rings. The average molecular weight is 634 g/mol. The number of amides is 1. The smallest absolute Gasteiger partial charge is 0.419 e. The standard InChI is InChI=1S/C34H38F3N7O2/c1-23-8-7-9-24(2)30(23)40-31(45)27-22-38-33(41-32(27)46-29-11-6-5-10-28(29)34(35,36)37)39-25-12-14-26(15-13-25)44-20-18-43(19-21-44)17-16-42(3)4/h5-15,22H,16-21H2,1-4H3,(H,40,45)(H,38,39,41). The van der Waals surface area contributed by atoms with Crippen LogP contribution in [0.5, 0.6) is 11.6 Å². The van der Waals surface area contributed by atoms with E-state index in [1.807, 2.05) is 56.3 Å². The van der Waals surface area contributed by atoms with Gasteiger partial charge in [0.15, 0.2) is 0 Å². The molecule has 46 heavy (non-hydrogen) atoms. The minimum Gasteiger partial charge on any atom is -0.437 e. The van der Waals surface area contributed by atoms with Gasteiger partial charge in [-0.3, -0.25) is 9.69 Å². The van der Waals surface area contributed by atoms with Gasteiger partial charge >= 0.3 is 6.18 Å². The number of piperazine rings is 1. The summed E-state index contributed by atoms with van der Waals surface area (Å²) in [6.07, 6.45) is -3.43. The number of hydrogen-bond donors (Lipinski definition) is 2. The molecule has 1 amide bonds. The Kier molecular flexibility index (Phi) is 10.1. The Bertz CT molecular complexity index is 1630. The Morgan fingerprint density at radius 2 is 1.61 bits per heavy atom. The topological polar surface area (TPSA) is 85.9 Å². The van der Waals surface area contributed by atoms with Gasteiger partial charge in [-0.1, -0.05) is 30.3 Å². The van der Waals surface area contributed by atoms with Crippen molar-refractivity contribution < 1.29 is 22.7 Å². The van der Waals surface area contributed by atoms with Crippen molar-refractivity contribution in [3.8, 4) is 11.6 Å². The van der Waals surface area contributed by atoms with Crippen molar-refractivity contribution in [3.05, 3.63) is 95.2 Å². The normalized spacial score (nSPS) is 14.0. The average Bonchev–Trinajstić information content (AvgIpc) is 3.02. The molecule has 1 fully saturated rings. The summed E-state index contributed by atoms with van der Waals surface area (Å²) in [5.41, 5.74) is 2.89. The van der Waals surface area contributed by atoms with Gasteiger partial charge in [0, 0.05) is 62.5 Å². The molecule has 2 heterocycles. The molecule has 0 saturated carbocycles. The lowest BCUT2D eigenvalue weighted by atomic mass is 10.1. The lowest BCUT2D eigenvalue weighted by molar-refractivity contribution is -0.138. The molecule has 3 aromatic carbocycles. The van der Waals surface area contributed by atoms with Gasteiger partial charge in [-0.15, -0.1) is 0 Å². The maximum Gasteiger partial charge on any atom is 0.419 e. The van der Waals surface area contributed by atoms with E-state index in [0.717, 1.165) is 62.1 Å². The minimum absolute atomic E-state index is 0.0605. The van der Waals surface area contributed by atoms with Gasteiger partial charge in [0.25, 0.3) is 5.91 Å². The highest BCUT2D eigenvalue weighted by Gasteiger charge is 2.35. The molecule has 0 radical (unpaired) electrons. The molecule has 12 heteroatoms. The highest BCUT2D eigenvalue weighted by Crippen LogP contribution is 2.38. The number of rotatable bonds is 10. The van der Waals surface area contributed by atoms with E-state index in [1.54, 1.807) is 0 Å². The van der Waals surface area contributed by atoms with E-state index in [0.29, 0.717) is 11.4 Å². The van der Waals surface area contributed by atoms with Crippen LogP contribution in [0.3, 0.4) is 0 Å². The van der Waals surface area contributed by atoms with Crippen molar-refractivity contribution in [2.45, 2.75) is 20.0 Å². The van der Waals surface area contributed by atoms with Crippen LogP contribution >= 0.6 is 0 Å². The maximum atomic E-state index is 13.8. The van der Waals surface area contributed by atoms with Crippen molar-refractivity contribution in [2.75, 3.05) is 68.9 Å². The molecule has 0 unspecified atom stereocenters. The van der Waals surface area contributed by atoms with Crippen LogP contribution in [0.15, 0.2) is 72.9 Å². The molecule has 5 rings (SSSR count). The van der Waals surface area contributed by atoms with E-state index in [4.69, 9.17) is 4.74 Å². The Hall–Kier alpha value is -4.68. The summed E-state index contributed by atoms with van der Waals surface area (Å²) in [5, 5.41) is 5.92. The van der Waals surface area contributed by atoms with Crippen molar-refractivity contribution in [1.29, 1.82) is 0 Å². The molecule has 1 aromatic heterocycles. The summed E-state index contributed by atoms with van der Waals surface area (Å²) in [6.45, 7) is 9.60. The summed E-state index contributed by atoms with van der Waals surface area (Å²) in [4.78, 5) is 29.1. The van der Waals surface area contributed by atoms with Crippen molar-refractivity contribution in [1.82, 2.24) is 19.8 Å². The van der Waals surface area contributed by atoms with Crippen LogP contribution in [0, 0.1) is 13.8 Å². The second kappa shape index (κ2) is 14.2. The van der Waals surface area contributed by atoms with Gasteiger partial charge < -0.3 is 25.2 Å². The molecule has 1 aliphatic heterocycles. The second-order valence-electron chi connectivity index (χ2n) is 11.5. The van der Waals surface area contributed by atoms with E-state index >= 15 is 0 Å². The summed E-state index contributed by atoms with van der Waals surface area (Å²) in [5.74, 6) is -1.35. The minimum atomic E-state index is -4.67. The molecule has 242 valence electrons. The lowest BCUT2D eigenvalue weighted by Crippen LogP contribution is -2.48. The zero-order valence-corrected chi connectivity index (χ0v) is 26.4. The number of nitrogens with one attached hydrogen (secondary N) is 2. The molecule has 2 N–H and O–H groups in total. The number of carbonyl (C=O) groups is 1. The third-order valence-corrected chi connectivity index (χ3v) is 7.84. The number of anilines is 4. The Morgan fingerprint density at radius 3 is 2.26 bits per heavy atom. The third kappa shape index (κ3) is 8.12. The van der Waals surface area contributed by atoms with Crippen LogP contribution in [0.4, 0.5) is 36.2 Å². The van der Waals surface area contributed by atoms with Gasteiger partial charge in [0.05, 0.1) is 5.56 Å². The Balaban J connectivity index is 1.36. The largest absolute Gasteiger partial charge is 0.437 e. The number of alkyl halides is 3. The van der Waals surface area contributed by atoms with E-state index < -0.39 is 23.4 Å². The highest BCUT2D eigenvalue weighted by atomic mass is 19.4. The van der Waals surface area contributed by atoms with Gasteiger partial charge in [-0.25, -0.2) is 4.98 Å². The summed E-state index contributed by atoms with van der Waals surface area (Å²) in [6, 6.07) is 18.1. The SMILES string of the molecule is Cc1cccc(C)c1NC(=O)c1cnc(Nc2ccc(N3CCN(CCN(C)C)CC3)cc2)nc1Oc1ccccc1C(F)(F)F. The maximum absolute atomic E-state index is 13.8. The molecule has 0 spiro atoms. The summed E-state index contributed by atoms with van der Waals surface area (Å²) in [7, 11) is 4.16. The molecular formula is C34H38F3N7O2. The first-order valence-corrected chi connectivity index (χ1v) is 15.1. The van der Waals surface area contributed by atoms with Gasteiger partial charge in [-0.2, -0.15) is 18.2 Å². The number of carbonyl (C=O) groups excluding carboxylic acids is 1. The van der Waals surface area contributed by atoms with Crippen molar-refractivity contribution >= 4 is 28.9 Å². The molecule has 1 saturated heterocycles. The van der Waals surface area contributed by atoms with Gasteiger partial charge in [0.2, 0.25) is 11.8 Å². The van der Waals surface area contributed by atoms with Gasteiger partial charge in [0.1, 0.15) is 11.3 Å². The van der Waals surface area contributed by atoms with Crippen LogP contribution in [0.2, 0.25) is 0 Å². The summed E-state index contributed by atoms with van der Waals surface area (Å²) >= 11 is 0. The molecule has 1 aliphatic rings. The quantitative estimate of drug-likeness (QED) is 0.203. The summed E-state index contributed by atoms with van der Waals surface area (Å²) < 4.78 is 47.1. The number of ether oxygens (including phenoxy) is 1. The fourth-order valence-electron chi connectivity index (χ4n) is 5.20.